The van der Waals surface area contributed by atoms with Crippen molar-refractivity contribution in [3.63, 3.8) is 0 Å². The minimum absolute atomic E-state index is 0.0142. The molecule has 1 unspecified atom stereocenters. The van der Waals surface area contributed by atoms with E-state index in [-0.39, 0.29) is 18.4 Å². The second-order valence-corrected chi connectivity index (χ2v) is 4.52. The van der Waals surface area contributed by atoms with Crippen molar-refractivity contribution >= 4 is 17.5 Å². The maximum Gasteiger partial charge on any atom is 0.249 e. The number of benzene rings is 1. The molecule has 3 N–H and O–H groups in total. The lowest BCUT2D eigenvalue weighted by molar-refractivity contribution is -0.123. The number of carbonyl (C=O) groups excluding carboxylic acids is 2. The van der Waals surface area contributed by atoms with Crippen LogP contribution in [0.3, 0.4) is 0 Å². The van der Waals surface area contributed by atoms with Crippen LogP contribution in [0.15, 0.2) is 12.1 Å². The number of hydrogen-bond acceptors (Lipinski definition) is 3. The molecule has 1 aliphatic rings. The Kier molecular flexibility index (Phi) is 3.09. The number of likely N-dealkylation sites (N-methyl/N-ethyl adjacent to an activating group) is 1. The van der Waals surface area contributed by atoms with Gasteiger partial charge in [-0.2, -0.15) is 0 Å². The third-order valence-corrected chi connectivity index (χ3v) is 3.45. The predicted octanol–water partition coefficient (Wildman–Crippen LogP) is 0.396. The SMILES string of the molecule is CNC(=O)CN1C(=O)C(N)c2ccc(C)c(C)c21. The Balaban J connectivity index is 2.49. The number of rotatable bonds is 2. The van der Waals surface area contributed by atoms with E-state index in [0.717, 1.165) is 22.4 Å². The summed E-state index contributed by atoms with van der Waals surface area (Å²) in [5.74, 6) is -0.424. The first-order chi connectivity index (χ1) is 8.47. The standard InChI is InChI=1S/C13H17N3O2/c1-7-4-5-9-11(14)13(18)16(6-10(17)15-3)12(9)8(7)2/h4-5,11H,6,14H2,1-3H3,(H,15,17). The highest BCUT2D eigenvalue weighted by atomic mass is 16.2. The summed E-state index contributed by atoms with van der Waals surface area (Å²) >= 11 is 0. The first-order valence-corrected chi connectivity index (χ1v) is 5.85. The number of anilines is 1. The lowest BCUT2D eigenvalue weighted by Gasteiger charge is -2.19. The van der Waals surface area contributed by atoms with Gasteiger partial charge in [0.1, 0.15) is 12.6 Å². The van der Waals surface area contributed by atoms with Crippen LogP contribution in [0.4, 0.5) is 5.69 Å². The first-order valence-electron chi connectivity index (χ1n) is 5.85. The second kappa shape index (κ2) is 4.42. The predicted molar refractivity (Wildman–Crippen MR) is 69.3 cm³/mol. The van der Waals surface area contributed by atoms with Gasteiger partial charge in [-0.3, -0.25) is 9.59 Å². The van der Waals surface area contributed by atoms with Crippen molar-refractivity contribution in [1.29, 1.82) is 0 Å². The highest BCUT2D eigenvalue weighted by Gasteiger charge is 2.36. The van der Waals surface area contributed by atoms with Crippen molar-refractivity contribution in [2.45, 2.75) is 19.9 Å². The van der Waals surface area contributed by atoms with Gasteiger partial charge in [0.05, 0.1) is 5.69 Å². The van der Waals surface area contributed by atoms with Gasteiger partial charge in [0.2, 0.25) is 11.8 Å². The van der Waals surface area contributed by atoms with Gasteiger partial charge in [-0.15, -0.1) is 0 Å². The molecule has 1 heterocycles. The summed E-state index contributed by atoms with van der Waals surface area (Å²) < 4.78 is 0. The van der Waals surface area contributed by atoms with Gasteiger partial charge in [0, 0.05) is 12.6 Å². The molecule has 1 aliphatic heterocycles. The van der Waals surface area contributed by atoms with Crippen molar-refractivity contribution in [2.24, 2.45) is 5.73 Å². The van der Waals surface area contributed by atoms with E-state index in [1.54, 1.807) is 7.05 Å². The molecule has 0 bridgehead atoms. The average Bonchev–Trinajstić information content (AvgIpc) is 2.59. The van der Waals surface area contributed by atoms with Gasteiger partial charge >= 0.3 is 0 Å². The molecule has 0 fully saturated rings. The van der Waals surface area contributed by atoms with Crippen molar-refractivity contribution in [1.82, 2.24) is 5.32 Å². The minimum atomic E-state index is -0.663. The molecular weight excluding hydrogens is 230 g/mol. The first kappa shape index (κ1) is 12.6. The van der Waals surface area contributed by atoms with Gasteiger partial charge in [-0.1, -0.05) is 12.1 Å². The Hall–Kier alpha value is -1.88. The fourth-order valence-corrected chi connectivity index (χ4v) is 2.22. The summed E-state index contributed by atoms with van der Waals surface area (Å²) in [5.41, 5.74) is 9.56. The highest BCUT2D eigenvalue weighted by Crippen LogP contribution is 2.38. The van der Waals surface area contributed by atoms with Crippen molar-refractivity contribution in [3.8, 4) is 0 Å². The van der Waals surface area contributed by atoms with Gasteiger partial charge in [-0.25, -0.2) is 0 Å². The lowest BCUT2D eigenvalue weighted by Crippen LogP contribution is -2.39. The van der Waals surface area contributed by atoms with E-state index in [4.69, 9.17) is 5.73 Å². The Morgan fingerprint density at radius 1 is 1.44 bits per heavy atom. The van der Waals surface area contributed by atoms with Crippen LogP contribution in [0.25, 0.3) is 0 Å². The van der Waals surface area contributed by atoms with Gasteiger partial charge in [0.25, 0.3) is 0 Å². The van der Waals surface area contributed by atoms with E-state index < -0.39 is 6.04 Å². The van der Waals surface area contributed by atoms with Crippen LogP contribution < -0.4 is 16.0 Å². The zero-order valence-electron chi connectivity index (χ0n) is 10.8. The number of amides is 2. The third kappa shape index (κ3) is 1.76. The van der Waals surface area contributed by atoms with Crippen molar-refractivity contribution < 1.29 is 9.59 Å². The quantitative estimate of drug-likeness (QED) is 0.794. The number of nitrogens with two attached hydrogens (primary N) is 1. The molecule has 1 atom stereocenters. The molecule has 0 saturated carbocycles. The molecule has 0 spiro atoms. The zero-order valence-corrected chi connectivity index (χ0v) is 10.8. The molecule has 2 rings (SSSR count). The molecule has 96 valence electrons. The molecule has 0 radical (unpaired) electrons. The van der Waals surface area contributed by atoms with Gasteiger partial charge in [0.15, 0.2) is 0 Å². The van der Waals surface area contributed by atoms with E-state index in [9.17, 15) is 9.59 Å². The summed E-state index contributed by atoms with van der Waals surface area (Å²) in [6.07, 6.45) is 0. The Morgan fingerprint density at radius 2 is 2.11 bits per heavy atom. The second-order valence-electron chi connectivity index (χ2n) is 4.52. The number of carbonyl (C=O) groups is 2. The largest absolute Gasteiger partial charge is 0.358 e. The number of aryl methyl sites for hydroxylation is 1. The minimum Gasteiger partial charge on any atom is -0.358 e. The van der Waals surface area contributed by atoms with Gasteiger partial charge in [-0.05, 0) is 25.0 Å². The molecule has 2 amide bonds. The fraction of sp³-hybridized carbons (Fsp3) is 0.385. The Labute approximate surface area is 106 Å². The summed E-state index contributed by atoms with van der Waals surface area (Å²) in [7, 11) is 1.55. The lowest BCUT2D eigenvalue weighted by atomic mass is 10.0. The molecule has 1 aromatic carbocycles. The third-order valence-electron chi connectivity index (χ3n) is 3.45. The molecule has 1 aromatic rings. The monoisotopic (exact) mass is 247 g/mol. The van der Waals surface area contributed by atoms with Crippen LogP contribution in [0, 0.1) is 13.8 Å². The molecule has 5 heteroatoms. The molecule has 18 heavy (non-hydrogen) atoms. The van der Waals surface area contributed by atoms with Crippen LogP contribution in [0.2, 0.25) is 0 Å². The number of nitrogens with one attached hydrogen (secondary N) is 1. The Morgan fingerprint density at radius 3 is 2.72 bits per heavy atom. The fourth-order valence-electron chi connectivity index (χ4n) is 2.22. The van der Waals surface area contributed by atoms with E-state index in [0.29, 0.717) is 0 Å². The van der Waals surface area contributed by atoms with E-state index in [1.165, 1.54) is 4.90 Å². The van der Waals surface area contributed by atoms with Crippen LogP contribution in [0.5, 0.6) is 0 Å². The zero-order chi connectivity index (χ0) is 13.4. The number of fused-ring (bicyclic) bond motifs is 1. The van der Waals surface area contributed by atoms with Crippen molar-refractivity contribution in [3.05, 3.63) is 28.8 Å². The van der Waals surface area contributed by atoms with E-state index in [1.807, 2.05) is 26.0 Å². The summed E-state index contributed by atoms with van der Waals surface area (Å²) in [5, 5.41) is 2.52. The van der Waals surface area contributed by atoms with Crippen LogP contribution in [0.1, 0.15) is 22.7 Å². The maximum atomic E-state index is 12.1. The molecule has 0 aromatic heterocycles. The topological polar surface area (TPSA) is 75.4 Å². The van der Waals surface area contributed by atoms with Crippen LogP contribution in [-0.4, -0.2) is 25.4 Å². The van der Waals surface area contributed by atoms with E-state index in [2.05, 4.69) is 5.32 Å². The number of hydrogen-bond donors (Lipinski definition) is 2. The summed E-state index contributed by atoms with van der Waals surface area (Å²) in [6, 6.07) is 3.15. The molecular formula is C13H17N3O2. The van der Waals surface area contributed by atoms with Crippen LogP contribution in [-0.2, 0) is 9.59 Å². The molecule has 0 aliphatic carbocycles. The maximum absolute atomic E-state index is 12.1. The van der Waals surface area contributed by atoms with Gasteiger partial charge < -0.3 is 16.0 Å². The summed E-state index contributed by atoms with van der Waals surface area (Å²) in [4.78, 5) is 25.1. The highest BCUT2D eigenvalue weighted by molar-refractivity contribution is 6.08. The molecule has 5 nitrogen and oxygen atoms in total. The average molecular weight is 247 g/mol. The summed E-state index contributed by atoms with van der Waals surface area (Å²) in [6.45, 7) is 3.93. The van der Waals surface area contributed by atoms with E-state index >= 15 is 0 Å². The normalized spacial score (nSPS) is 17.9. The smallest absolute Gasteiger partial charge is 0.249 e. The number of nitrogens with zero attached hydrogens (tertiary/aromatic N) is 1. The molecule has 0 saturated heterocycles. The van der Waals surface area contributed by atoms with Crippen LogP contribution >= 0.6 is 0 Å². The Bertz CT molecular complexity index is 525. The van der Waals surface area contributed by atoms with Crippen molar-refractivity contribution in [2.75, 3.05) is 18.5 Å².